The zero-order valence-corrected chi connectivity index (χ0v) is 11.4. The van der Waals surface area contributed by atoms with Crippen molar-refractivity contribution in [3.63, 3.8) is 0 Å². The van der Waals surface area contributed by atoms with Gasteiger partial charge in [-0.2, -0.15) is 5.10 Å². The van der Waals surface area contributed by atoms with Gasteiger partial charge in [-0.05, 0) is 36.8 Å². The second kappa shape index (κ2) is 6.05. The molecule has 0 bridgehead atoms. The van der Waals surface area contributed by atoms with E-state index in [0.717, 1.165) is 18.6 Å². The lowest BCUT2D eigenvalue weighted by Crippen LogP contribution is -2.29. The Morgan fingerprint density at radius 2 is 2.24 bits per heavy atom. The molecule has 1 aliphatic rings. The number of amides is 1. The molecule has 2 N–H and O–H groups in total. The van der Waals surface area contributed by atoms with Crippen LogP contribution in [0.25, 0.3) is 11.3 Å². The molecule has 6 heteroatoms. The van der Waals surface area contributed by atoms with Gasteiger partial charge in [0.25, 0.3) is 5.91 Å². The number of carbonyl (C=O) groups is 1. The Morgan fingerprint density at radius 1 is 1.43 bits per heavy atom. The Bertz CT molecular complexity index is 618. The highest BCUT2D eigenvalue weighted by Gasteiger charge is 2.17. The first-order valence-electron chi connectivity index (χ1n) is 6.89. The number of nitrogens with one attached hydrogen (secondary N) is 2. The van der Waals surface area contributed by atoms with Crippen LogP contribution in [-0.2, 0) is 4.74 Å². The Kier molecular flexibility index (Phi) is 3.96. The van der Waals surface area contributed by atoms with Crippen LogP contribution in [0.4, 0.5) is 4.39 Å². The summed E-state index contributed by atoms with van der Waals surface area (Å²) in [6, 6.07) is 7.65. The molecule has 1 saturated heterocycles. The van der Waals surface area contributed by atoms with E-state index in [0.29, 0.717) is 30.5 Å². The Balaban J connectivity index is 1.63. The summed E-state index contributed by atoms with van der Waals surface area (Å²) < 4.78 is 18.1. The van der Waals surface area contributed by atoms with E-state index in [1.807, 2.05) is 0 Å². The van der Waals surface area contributed by atoms with Crippen molar-refractivity contribution in [3.05, 3.63) is 41.8 Å². The number of hydrogen-bond donors (Lipinski definition) is 2. The average molecular weight is 289 g/mol. The predicted octanol–water partition coefficient (Wildman–Crippen LogP) is 1.98. The first-order chi connectivity index (χ1) is 10.2. The number of rotatable bonds is 4. The molecule has 0 aliphatic carbocycles. The number of H-pyrrole nitrogens is 1. The lowest BCUT2D eigenvalue weighted by atomic mass is 10.1. The van der Waals surface area contributed by atoms with Gasteiger partial charge >= 0.3 is 0 Å². The van der Waals surface area contributed by atoms with E-state index >= 15 is 0 Å². The second-order valence-corrected chi connectivity index (χ2v) is 5.11. The monoisotopic (exact) mass is 289 g/mol. The largest absolute Gasteiger partial charge is 0.381 e. The zero-order chi connectivity index (χ0) is 14.7. The number of aromatic amines is 1. The summed E-state index contributed by atoms with van der Waals surface area (Å²) >= 11 is 0. The van der Waals surface area contributed by atoms with Gasteiger partial charge in [0.1, 0.15) is 11.5 Å². The topological polar surface area (TPSA) is 67.0 Å². The molecule has 1 atom stereocenters. The van der Waals surface area contributed by atoms with E-state index in [2.05, 4.69) is 15.5 Å². The van der Waals surface area contributed by atoms with E-state index < -0.39 is 0 Å². The van der Waals surface area contributed by atoms with Gasteiger partial charge < -0.3 is 10.1 Å². The van der Waals surface area contributed by atoms with Crippen LogP contribution in [0.5, 0.6) is 0 Å². The van der Waals surface area contributed by atoms with Crippen molar-refractivity contribution in [3.8, 4) is 11.3 Å². The van der Waals surface area contributed by atoms with Gasteiger partial charge in [0, 0.05) is 24.6 Å². The third-order valence-electron chi connectivity index (χ3n) is 3.54. The molecule has 1 aliphatic heterocycles. The van der Waals surface area contributed by atoms with Crippen LogP contribution < -0.4 is 5.32 Å². The van der Waals surface area contributed by atoms with Crippen LogP contribution in [0.15, 0.2) is 30.3 Å². The van der Waals surface area contributed by atoms with Crippen LogP contribution in [-0.4, -0.2) is 35.9 Å². The molecule has 3 rings (SSSR count). The quantitative estimate of drug-likeness (QED) is 0.904. The maximum Gasteiger partial charge on any atom is 0.269 e. The number of benzene rings is 1. The van der Waals surface area contributed by atoms with Gasteiger partial charge in [0.15, 0.2) is 0 Å². The standard InChI is InChI=1S/C15H16FN3O2/c16-12-3-1-11(2-4-12)13-7-14(19-18-13)15(20)17-8-10-5-6-21-9-10/h1-4,7,10H,5-6,8-9H2,(H,17,20)(H,18,19)/t10-/m1/s1. The molecule has 21 heavy (non-hydrogen) atoms. The fourth-order valence-electron chi connectivity index (χ4n) is 2.28. The average Bonchev–Trinajstić information content (AvgIpc) is 3.17. The fourth-order valence-corrected chi connectivity index (χ4v) is 2.28. The molecule has 1 amide bonds. The Hall–Kier alpha value is -2.21. The highest BCUT2D eigenvalue weighted by atomic mass is 19.1. The van der Waals surface area contributed by atoms with E-state index in [1.165, 1.54) is 12.1 Å². The molecule has 1 aromatic heterocycles. The predicted molar refractivity (Wildman–Crippen MR) is 75.2 cm³/mol. The van der Waals surface area contributed by atoms with Gasteiger partial charge in [0.2, 0.25) is 0 Å². The summed E-state index contributed by atoms with van der Waals surface area (Å²) in [4.78, 5) is 12.0. The molecule has 1 aromatic carbocycles. The lowest BCUT2D eigenvalue weighted by Gasteiger charge is -2.07. The van der Waals surface area contributed by atoms with E-state index in [-0.39, 0.29) is 11.7 Å². The summed E-state index contributed by atoms with van der Waals surface area (Å²) in [5, 5.41) is 9.66. The number of ether oxygens (including phenoxy) is 1. The van der Waals surface area contributed by atoms with Gasteiger partial charge in [-0.1, -0.05) is 0 Å². The minimum absolute atomic E-state index is 0.192. The maximum absolute atomic E-state index is 12.9. The van der Waals surface area contributed by atoms with Crippen molar-refractivity contribution < 1.29 is 13.9 Å². The highest BCUT2D eigenvalue weighted by Crippen LogP contribution is 2.18. The van der Waals surface area contributed by atoms with Gasteiger partial charge in [-0.15, -0.1) is 0 Å². The van der Waals surface area contributed by atoms with Crippen LogP contribution >= 0.6 is 0 Å². The van der Waals surface area contributed by atoms with Crippen LogP contribution in [0.1, 0.15) is 16.9 Å². The summed E-state index contributed by atoms with van der Waals surface area (Å²) in [5.74, 6) is -0.109. The number of hydrogen-bond acceptors (Lipinski definition) is 3. The van der Waals surface area contributed by atoms with Crippen LogP contribution in [0, 0.1) is 11.7 Å². The molecule has 0 radical (unpaired) electrons. The summed E-state index contributed by atoms with van der Waals surface area (Å²) in [7, 11) is 0. The normalized spacial score (nSPS) is 17.9. The number of aromatic nitrogens is 2. The third kappa shape index (κ3) is 3.28. The van der Waals surface area contributed by atoms with Crippen LogP contribution in [0.3, 0.4) is 0 Å². The van der Waals surface area contributed by atoms with Gasteiger partial charge in [0.05, 0.1) is 12.3 Å². The molecule has 2 heterocycles. The molecular weight excluding hydrogens is 273 g/mol. The SMILES string of the molecule is O=C(NC[C@H]1CCOC1)c1cc(-c2ccc(F)cc2)n[nH]1. The van der Waals surface area contributed by atoms with Crippen molar-refractivity contribution in [1.82, 2.24) is 15.5 Å². The number of nitrogens with zero attached hydrogens (tertiary/aromatic N) is 1. The van der Waals surface area contributed by atoms with Crippen molar-refractivity contribution in [2.45, 2.75) is 6.42 Å². The summed E-state index contributed by atoms with van der Waals surface area (Å²) in [6.45, 7) is 2.06. The van der Waals surface area contributed by atoms with Crippen molar-refractivity contribution >= 4 is 5.91 Å². The zero-order valence-electron chi connectivity index (χ0n) is 11.4. The molecule has 0 spiro atoms. The first kappa shape index (κ1) is 13.8. The van der Waals surface area contributed by atoms with E-state index in [1.54, 1.807) is 18.2 Å². The number of halogens is 1. The van der Waals surface area contributed by atoms with E-state index in [4.69, 9.17) is 4.74 Å². The first-order valence-corrected chi connectivity index (χ1v) is 6.89. The number of carbonyl (C=O) groups excluding carboxylic acids is 1. The van der Waals surface area contributed by atoms with Gasteiger partial charge in [-0.25, -0.2) is 4.39 Å². The van der Waals surface area contributed by atoms with Gasteiger partial charge in [-0.3, -0.25) is 9.89 Å². The lowest BCUT2D eigenvalue weighted by molar-refractivity contribution is 0.0940. The molecule has 0 unspecified atom stereocenters. The smallest absolute Gasteiger partial charge is 0.269 e. The Labute approximate surface area is 121 Å². The highest BCUT2D eigenvalue weighted by molar-refractivity contribution is 5.93. The van der Waals surface area contributed by atoms with Crippen LogP contribution in [0.2, 0.25) is 0 Å². The minimum atomic E-state index is -0.300. The molecule has 0 saturated carbocycles. The summed E-state index contributed by atoms with van der Waals surface area (Å²) in [5.41, 5.74) is 1.77. The maximum atomic E-state index is 12.9. The van der Waals surface area contributed by atoms with Crippen molar-refractivity contribution in [1.29, 1.82) is 0 Å². The molecule has 2 aromatic rings. The Morgan fingerprint density at radius 3 is 2.95 bits per heavy atom. The molecule has 110 valence electrons. The molecular formula is C15H16FN3O2. The van der Waals surface area contributed by atoms with E-state index in [9.17, 15) is 9.18 Å². The fraction of sp³-hybridized carbons (Fsp3) is 0.333. The molecule has 5 nitrogen and oxygen atoms in total. The summed E-state index contributed by atoms with van der Waals surface area (Å²) in [6.07, 6.45) is 0.976. The second-order valence-electron chi connectivity index (χ2n) is 5.11. The third-order valence-corrected chi connectivity index (χ3v) is 3.54. The van der Waals surface area contributed by atoms with Crippen molar-refractivity contribution in [2.75, 3.05) is 19.8 Å². The minimum Gasteiger partial charge on any atom is -0.381 e. The van der Waals surface area contributed by atoms with Crippen molar-refractivity contribution in [2.24, 2.45) is 5.92 Å². The molecule has 1 fully saturated rings.